The fourth-order valence-electron chi connectivity index (χ4n) is 1.94. The van der Waals surface area contributed by atoms with Crippen molar-refractivity contribution in [2.75, 3.05) is 6.26 Å². The molecule has 0 unspecified atom stereocenters. The zero-order chi connectivity index (χ0) is 14.8. The second-order valence-corrected chi connectivity index (χ2v) is 6.59. The van der Waals surface area contributed by atoms with E-state index in [1.807, 2.05) is 6.07 Å². The molecule has 0 bridgehead atoms. The minimum atomic E-state index is -3.26. The van der Waals surface area contributed by atoms with Gasteiger partial charge in [-0.3, -0.25) is 4.79 Å². The van der Waals surface area contributed by atoms with Crippen LogP contribution in [0.15, 0.2) is 53.4 Å². The van der Waals surface area contributed by atoms with Gasteiger partial charge in [0, 0.05) is 6.26 Å². The summed E-state index contributed by atoms with van der Waals surface area (Å²) in [5, 5.41) is 8.80. The van der Waals surface area contributed by atoms with Gasteiger partial charge in [-0.25, -0.2) is 8.42 Å². The normalized spacial score (nSPS) is 11.2. The molecule has 0 radical (unpaired) electrons. The Morgan fingerprint density at radius 3 is 2.25 bits per heavy atom. The lowest BCUT2D eigenvalue weighted by Gasteiger charge is -2.06. The quantitative estimate of drug-likeness (QED) is 0.938. The standard InChI is InChI=1S/C15H14O4S/c1-20(18,19)14-7-3-6-13(10-14)12-5-2-4-11(8-12)9-15(16)17/h2-8,10H,9H2,1H3,(H,16,17). The Balaban J connectivity index is 2.44. The van der Waals surface area contributed by atoms with E-state index in [2.05, 4.69) is 0 Å². The highest BCUT2D eigenvalue weighted by molar-refractivity contribution is 7.90. The van der Waals surface area contributed by atoms with Crippen molar-refractivity contribution in [2.24, 2.45) is 0 Å². The maximum absolute atomic E-state index is 11.6. The summed E-state index contributed by atoms with van der Waals surface area (Å²) in [5.74, 6) is -0.896. The molecule has 104 valence electrons. The van der Waals surface area contributed by atoms with Gasteiger partial charge in [0.2, 0.25) is 0 Å². The molecule has 20 heavy (non-hydrogen) atoms. The smallest absolute Gasteiger partial charge is 0.307 e. The Morgan fingerprint density at radius 2 is 1.65 bits per heavy atom. The average Bonchev–Trinajstić information content (AvgIpc) is 2.37. The van der Waals surface area contributed by atoms with E-state index in [-0.39, 0.29) is 11.3 Å². The van der Waals surface area contributed by atoms with Crippen LogP contribution in [0.4, 0.5) is 0 Å². The van der Waals surface area contributed by atoms with Gasteiger partial charge in [0.1, 0.15) is 0 Å². The third-order valence-corrected chi connectivity index (χ3v) is 3.99. The number of hydrogen-bond acceptors (Lipinski definition) is 3. The highest BCUT2D eigenvalue weighted by atomic mass is 32.2. The van der Waals surface area contributed by atoms with Gasteiger partial charge in [0.15, 0.2) is 9.84 Å². The zero-order valence-electron chi connectivity index (χ0n) is 10.9. The van der Waals surface area contributed by atoms with Crippen LogP contribution in [-0.2, 0) is 21.1 Å². The van der Waals surface area contributed by atoms with Crippen LogP contribution in [0, 0.1) is 0 Å². The molecule has 1 N–H and O–H groups in total. The summed E-state index contributed by atoms with van der Waals surface area (Å²) in [6.45, 7) is 0. The topological polar surface area (TPSA) is 71.4 Å². The number of sulfone groups is 1. The second kappa shape index (κ2) is 5.46. The molecule has 5 heteroatoms. The van der Waals surface area contributed by atoms with Crippen LogP contribution < -0.4 is 0 Å². The lowest BCUT2D eigenvalue weighted by molar-refractivity contribution is -0.136. The lowest BCUT2D eigenvalue weighted by Crippen LogP contribution is -2.00. The van der Waals surface area contributed by atoms with Crippen LogP contribution in [0.3, 0.4) is 0 Å². The zero-order valence-corrected chi connectivity index (χ0v) is 11.7. The molecule has 0 aliphatic heterocycles. The van der Waals surface area contributed by atoms with Crippen LogP contribution >= 0.6 is 0 Å². The first-order valence-electron chi connectivity index (χ1n) is 5.97. The molecule has 0 spiro atoms. The van der Waals surface area contributed by atoms with Crippen molar-refractivity contribution in [1.82, 2.24) is 0 Å². The number of carboxylic acid groups (broad SMARTS) is 1. The maximum atomic E-state index is 11.6. The predicted molar refractivity (Wildman–Crippen MR) is 76.3 cm³/mol. The van der Waals surface area contributed by atoms with E-state index < -0.39 is 15.8 Å². The monoisotopic (exact) mass is 290 g/mol. The van der Waals surface area contributed by atoms with E-state index >= 15 is 0 Å². The van der Waals surface area contributed by atoms with Crippen LogP contribution in [0.2, 0.25) is 0 Å². The molecule has 0 atom stereocenters. The molecule has 0 heterocycles. The fourth-order valence-corrected chi connectivity index (χ4v) is 2.61. The molecule has 0 aliphatic rings. The van der Waals surface area contributed by atoms with E-state index in [0.29, 0.717) is 5.56 Å². The van der Waals surface area contributed by atoms with Crippen molar-refractivity contribution in [3.63, 3.8) is 0 Å². The van der Waals surface area contributed by atoms with E-state index in [0.717, 1.165) is 17.4 Å². The lowest BCUT2D eigenvalue weighted by atomic mass is 10.0. The van der Waals surface area contributed by atoms with Crippen molar-refractivity contribution in [1.29, 1.82) is 0 Å². The summed E-state index contributed by atoms with van der Waals surface area (Å²) in [6, 6.07) is 13.7. The number of rotatable bonds is 4. The fraction of sp³-hybridized carbons (Fsp3) is 0.133. The van der Waals surface area contributed by atoms with Crippen LogP contribution in [0.5, 0.6) is 0 Å². The molecule has 0 aromatic heterocycles. The molecule has 2 aromatic rings. The first-order valence-corrected chi connectivity index (χ1v) is 7.86. The summed E-state index contributed by atoms with van der Waals surface area (Å²) in [4.78, 5) is 11.0. The average molecular weight is 290 g/mol. The first kappa shape index (κ1) is 14.3. The highest BCUT2D eigenvalue weighted by Crippen LogP contribution is 2.23. The van der Waals surface area contributed by atoms with Gasteiger partial charge >= 0.3 is 5.97 Å². The van der Waals surface area contributed by atoms with Crippen molar-refractivity contribution in [3.05, 3.63) is 54.1 Å². The minimum absolute atomic E-state index is 0.0559. The van der Waals surface area contributed by atoms with E-state index in [4.69, 9.17) is 5.11 Å². The molecule has 0 amide bonds. The third kappa shape index (κ3) is 3.45. The molecule has 0 aliphatic carbocycles. The Bertz CT molecular complexity index is 748. The summed E-state index contributed by atoms with van der Waals surface area (Å²) >= 11 is 0. The summed E-state index contributed by atoms with van der Waals surface area (Å²) < 4.78 is 23.1. The number of hydrogen-bond donors (Lipinski definition) is 1. The first-order chi connectivity index (χ1) is 9.36. The number of aliphatic carboxylic acids is 1. The van der Waals surface area contributed by atoms with Gasteiger partial charge in [-0.15, -0.1) is 0 Å². The van der Waals surface area contributed by atoms with Crippen molar-refractivity contribution >= 4 is 15.8 Å². The second-order valence-electron chi connectivity index (χ2n) is 4.57. The molecule has 0 saturated carbocycles. The molecule has 2 aromatic carbocycles. The molecular weight excluding hydrogens is 276 g/mol. The predicted octanol–water partition coefficient (Wildman–Crippen LogP) is 2.38. The van der Waals surface area contributed by atoms with Gasteiger partial charge in [0.05, 0.1) is 11.3 Å². The Morgan fingerprint density at radius 1 is 1.05 bits per heavy atom. The van der Waals surface area contributed by atoms with Crippen molar-refractivity contribution < 1.29 is 18.3 Å². The maximum Gasteiger partial charge on any atom is 0.307 e. The third-order valence-electron chi connectivity index (χ3n) is 2.88. The number of carboxylic acids is 1. The summed E-state index contributed by atoms with van der Waals surface area (Å²) in [5.41, 5.74) is 2.23. The molecule has 4 nitrogen and oxygen atoms in total. The van der Waals surface area contributed by atoms with E-state index in [1.54, 1.807) is 42.5 Å². The molecule has 2 rings (SSSR count). The van der Waals surface area contributed by atoms with E-state index in [9.17, 15) is 13.2 Å². The number of benzene rings is 2. The van der Waals surface area contributed by atoms with Gasteiger partial charge in [-0.05, 0) is 28.8 Å². The summed E-state index contributed by atoms with van der Waals surface area (Å²) in [7, 11) is -3.26. The Labute approximate surface area is 117 Å². The van der Waals surface area contributed by atoms with Crippen LogP contribution in [0.1, 0.15) is 5.56 Å². The highest BCUT2D eigenvalue weighted by Gasteiger charge is 2.09. The van der Waals surface area contributed by atoms with Gasteiger partial charge in [-0.2, -0.15) is 0 Å². The molecule has 0 saturated heterocycles. The minimum Gasteiger partial charge on any atom is -0.481 e. The largest absolute Gasteiger partial charge is 0.481 e. The van der Waals surface area contributed by atoms with Crippen molar-refractivity contribution in [2.45, 2.75) is 11.3 Å². The Hall–Kier alpha value is -2.14. The van der Waals surface area contributed by atoms with Crippen LogP contribution in [0.25, 0.3) is 11.1 Å². The van der Waals surface area contributed by atoms with Crippen molar-refractivity contribution in [3.8, 4) is 11.1 Å². The SMILES string of the molecule is CS(=O)(=O)c1cccc(-c2cccc(CC(=O)O)c2)c1. The molecule has 0 fully saturated rings. The molecular formula is C15H14O4S. The van der Waals surface area contributed by atoms with Gasteiger partial charge < -0.3 is 5.11 Å². The Kier molecular flexibility index (Phi) is 3.90. The van der Waals surface area contributed by atoms with Gasteiger partial charge in [0.25, 0.3) is 0 Å². The van der Waals surface area contributed by atoms with Gasteiger partial charge in [-0.1, -0.05) is 36.4 Å². The number of carbonyl (C=O) groups is 1. The summed E-state index contributed by atoms with van der Waals surface area (Å²) in [6.07, 6.45) is 1.10. The van der Waals surface area contributed by atoms with Crippen LogP contribution in [-0.4, -0.2) is 25.7 Å². The van der Waals surface area contributed by atoms with E-state index in [1.165, 1.54) is 0 Å².